The molecule has 25 heavy (non-hydrogen) atoms. The Bertz CT molecular complexity index is 802. The maximum Gasteiger partial charge on any atom is 0.224 e. The molecule has 5 heteroatoms. The monoisotopic (exact) mass is 336 g/mol. The second-order valence-corrected chi connectivity index (χ2v) is 7.30. The van der Waals surface area contributed by atoms with Gasteiger partial charge >= 0.3 is 0 Å². The minimum Gasteiger partial charge on any atom is -0.363 e. The number of pyridine rings is 2. The van der Waals surface area contributed by atoms with Crippen LogP contribution in [-0.4, -0.2) is 21.9 Å². The minimum atomic E-state index is 0.102. The number of fused-ring (bicyclic) bond motifs is 1. The summed E-state index contributed by atoms with van der Waals surface area (Å²) in [5, 5.41) is 3.62. The Morgan fingerprint density at radius 1 is 1.28 bits per heavy atom. The molecular weight excluding hydrogens is 312 g/mol. The van der Waals surface area contributed by atoms with E-state index in [9.17, 15) is 4.79 Å². The van der Waals surface area contributed by atoms with Crippen molar-refractivity contribution >= 4 is 17.4 Å². The zero-order valence-electron chi connectivity index (χ0n) is 14.9. The predicted octanol–water partition coefficient (Wildman–Crippen LogP) is 3.72. The molecule has 2 aromatic heterocycles. The summed E-state index contributed by atoms with van der Waals surface area (Å²) in [5.74, 6) is 1.87. The lowest BCUT2D eigenvalue weighted by Gasteiger charge is -2.45. The number of hydrogen-bond acceptors (Lipinski definition) is 4. The fraction of sp³-hybridized carbons (Fsp3) is 0.450. The van der Waals surface area contributed by atoms with Crippen molar-refractivity contribution < 1.29 is 4.79 Å². The lowest BCUT2D eigenvalue weighted by Crippen LogP contribution is -2.51. The zero-order valence-corrected chi connectivity index (χ0v) is 14.9. The summed E-state index contributed by atoms with van der Waals surface area (Å²) in [5.41, 5.74) is 3.06. The average Bonchev–Trinajstić information content (AvgIpc) is 3.41. The van der Waals surface area contributed by atoms with Crippen LogP contribution in [0.4, 0.5) is 11.5 Å². The quantitative estimate of drug-likeness (QED) is 0.928. The maximum absolute atomic E-state index is 12.4. The van der Waals surface area contributed by atoms with Crippen LogP contribution in [0.3, 0.4) is 0 Å². The van der Waals surface area contributed by atoms with E-state index in [1.54, 1.807) is 13.1 Å². The van der Waals surface area contributed by atoms with E-state index >= 15 is 0 Å². The summed E-state index contributed by atoms with van der Waals surface area (Å²) in [7, 11) is 0. The Morgan fingerprint density at radius 3 is 2.76 bits per heavy atom. The fourth-order valence-corrected chi connectivity index (χ4v) is 4.19. The van der Waals surface area contributed by atoms with Crippen LogP contribution < -0.4 is 10.2 Å². The fourth-order valence-electron chi connectivity index (χ4n) is 4.19. The number of rotatable bonds is 3. The highest BCUT2D eigenvalue weighted by Gasteiger charge is 2.47. The molecule has 1 fully saturated rings. The van der Waals surface area contributed by atoms with Crippen LogP contribution in [0.1, 0.15) is 44.0 Å². The van der Waals surface area contributed by atoms with Crippen molar-refractivity contribution in [2.24, 2.45) is 11.8 Å². The van der Waals surface area contributed by atoms with Gasteiger partial charge in [0.1, 0.15) is 5.82 Å². The van der Waals surface area contributed by atoms with E-state index < -0.39 is 0 Å². The molecule has 1 unspecified atom stereocenters. The summed E-state index contributed by atoms with van der Waals surface area (Å²) in [6.45, 7) is 5.91. The van der Waals surface area contributed by atoms with Crippen molar-refractivity contribution in [2.75, 3.05) is 10.2 Å². The average molecular weight is 336 g/mol. The number of anilines is 2. The molecule has 2 aliphatic rings. The van der Waals surface area contributed by atoms with Crippen LogP contribution in [0.5, 0.6) is 0 Å². The first-order valence-corrected chi connectivity index (χ1v) is 9.00. The normalized spacial score (nSPS) is 25.4. The molecule has 1 saturated carbocycles. The number of aromatic nitrogens is 2. The predicted molar refractivity (Wildman–Crippen MR) is 98.4 cm³/mol. The number of carbonyl (C=O) groups is 1. The number of amides is 1. The third-order valence-corrected chi connectivity index (χ3v) is 5.43. The zero-order chi connectivity index (χ0) is 17.6. The molecule has 0 spiro atoms. The topological polar surface area (TPSA) is 58.1 Å². The molecule has 2 aromatic rings. The van der Waals surface area contributed by atoms with Gasteiger partial charge in [0.15, 0.2) is 0 Å². The van der Waals surface area contributed by atoms with E-state index in [0.717, 1.165) is 22.8 Å². The van der Waals surface area contributed by atoms with E-state index in [1.165, 1.54) is 12.8 Å². The van der Waals surface area contributed by atoms with Crippen molar-refractivity contribution in [2.45, 2.75) is 45.7 Å². The van der Waals surface area contributed by atoms with E-state index in [-0.39, 0.29) is 18.0 Å². The molecule has 3 atom stereocenters. The molecular formula is C20H24N4O. The first-order chi connectivity index (χ1) is 12.1. The summed E-state index contributed by atoms with van der Waals surface area (Å²) < 4.78 is 0. The Balaban J connectivity index is 1.77. The lowest BCUT2D eigenvalue weighted by molar-refractivity contribution is -0.117. The van der Waals surface area contributed by atoms with E-state index in [0.29, 0.717) is 11.8 Å². The van der Waals surface area contributed by atoms with Gasteiger partial charge in [-0.2, -0.15) is 0 Å². The van der Waals surface area contributed by atoms with Crippen molar-refractivity contribution in [3.63, 3.8) is 0 Å². The molecule has 5 nitrogen and oxygen atoms in total. The molecule has 0 radical (unpaired) electrons. The van der Waals surface area contributed by atoms with Crippen molar-refractivity contribution in [3.05, 3.63) is 47.9 Å². The first kappa shape index (κ1) is 16.1. The number of hydrogen-bond donors (Lipinski definition) is 1. The van der Waals surface area contributed by atoms with Gasteiger partial charge in [-0.1, -0.05) is 13.0 Å². The Hall–Kier alpha value is -2.43. The van der Waals surface area contributed by atoms with Gasteiger partial charge < -0.3 is 10.2 Å². The van der Waals surface area contributed by atoms with Crippen LogP contribution in [0.2, 0.25) is 0 Å². The number of nitrogens with one attached hydrogen (secondary N) is 1. The SMILES string of the molecule is CC(=O)N1c2cnccc2C(Nc2cccc(C)n2)[C@@H](C)[C@@H]1C1CC1. The van der Waals surface area contributed by atoms with E-state index in [2.05, 4.69) is 22.2 Å². The second kappa shape index (κ2) is 6.14. The van der Waals surface area contributed by atoms with Crippen LogP contribution in [0.25, 0.3) is 0 Å². The van der Waals surface area contributed by atoms with Crippen LogP contribution >= 0.6 is 0 Å². The van der Waals surface area contributed by atoms with Crippen molar-refractivity contribution in [1.29, 1.82) is 0 Å². The van der Waals surface area contributed by atoms with Gasteiger partial charge in [0.25, 0.3) is 0 Å². The van der Waals surface area contributed by atoms with Crippen LogP contribution in [0.15, 0.2) is 36.7 Å². The maximum atomic E-state index is 12.4. The van der Waals surface area contributed by atoms with Crippen LogP contribution in [-0.2, 0) is 4.79 Å². The Kier molecular flexibility index (Phi) is 3.94. The highest BCUT2D eigenvalue weighted by molar-refractivity contribution is 5.94. The highest BCUT2D eigenvalue weighted by Crippen LogP contribution is 2.49. The van der Waals surface area contributed by atoms with Gasteiger partial charge in [0.2, 0.25) is 5.91 Å². The number of aryl methyl sites for hydroxylation is 1. The second-order valence-electron chi connectivity index (χ2n) is 7.30. The molecule has 3 heterocycles. The van der Waals surface area contributed by atoms with Gasteiger partial charge in [-0.15, -0.1) is 0 Å². The summed E-state index contributed by atoms with van der Waals surface area (Å²) >= 11 is 0. The third kappa shape index (κ3) is 2.88. The first-order valence-electron chi connectivity index (χ1n) is 9.00. The molecule has 0 saturated heterocycles. The summed E-state index contributed by atoms with van der Waals surface area (Å²) in [6.07, 6.45) is 6.03. The Morgan fingerprint density at radius 2 is 2.08 bits per heavy atom. The summed E-state index contributed by atoms with van der Waals surface area (Å²) in [4.78, 5) is 23.3. The minimum absolute atomic E-state index is 0.102. The smallest absolute Gasteiger partial charge is 0.224 e. The van der Waals surface area contributed by atoms with Crippen molar-refractivity contribution in [1.82, 2.24) is 9.97 Å². The standard InChI is InChI=1S/C20H24N4O/c1-12-5-4-6-18(22-12)23-19-13(2)20(15-7-8-15)24(14(3)25)17-11-21-10-9-16(17)19/h4-6,9-11,13,15,19-20H,7-8H2,1-3H3,(H,22,23)/t13-,19?,20-/m1/s1. The molecule has 0 bridgehead atoms. The molecule has 1 N–H and O–H groups in total. The van der Waals surface area contributed by atoms with Gasteiger partial charge in [-0.25, -0.2) is 4.98 Å². The molecule has 4 rings (SSSR count). The summed E-state index contributed by atoms with van der Waals surface area (Å²) in [6, 6.07) is 8.39. The Labute approximate surface area is 148 Å². The van der Waals surface area contributed by atoms with Gasteiger partial charge in [-0.3, -0.25) is 9.78 Å². The molecule has 130 valence electrons. The van der Waals surface area contributed by atoms with Gasteiger partial charge in [-0.05, 0) is 43.9 Å². The van der Waals surface area contributed by atoms with E-state index in [4.69, 9.17) is 0 Å². The van der Waals surface area contributed by atoms with Crippen LogP contribution in [0, 0.1) is 18.8 Å². The lowest BCUT2D eigenvalue weighted by atomic mass is 9.80. The molecule has 0 aromatic carbocycles. The number of nitrogens with zero attached hydrogens (tertiary/aromatic N) is 3. The van der Waals surface area contributed by atoms with Crippen molar-refractivity contribution in [3.8, 4) is 0 Å². The molecule has 1 aliphatic carbocycles. The van der Waals surface area contributed by atoms with Gasteiger partial charge in [0, 0.05) is 36.3 Å². The highest BCUT2D eigenvalue weighted by atomic mass is 16.2. The van der Waals surface area contributed by atoms with E-state index in [1.807, 2.05) is 42.3 Å². The largest absolute Gasteiger partial charge is 0.363 e. The third-order valence-electron chi connectivity index (χ3n) is 5.43. The van der Waals surface area contributed by atoms with Gasteiger partial charge in [0.05, 0.1) is 17.9 Å². The molecule has 1 amide bonds. The number of carbonyl (C=O) groups excluding carboxylic acids is 1. The molecule has 1 aliphatic heterocycles.